The van der Waals surface area contributed by atoms with Crippen molar-refractivity contribution >= 4 is 11.6 Å². The maximum Gasteiger partial charge on any atom is 0.336 e. The fraction of sp³-hybridized carbons (Fsp3) is 0.211. The van der Waals surface area contributed by atoms with Gasteiger partial charge in [-0.3, -0.25) is 4.79 Å². The first kappa shape index (κ1) is 17.5. The molecule has 0 bridgehead atoms. The van der Waals surface area contributed by atoms with Crippen molar-refractivity contribution in [2.24, 2.45) is 0 Å². The second-order valence-electron chi connectivity index (χ2n) is 5.51. The summed E-state index contributed by atoms with van der Waals surface area (Å²) in [6, 6.07) is 15.2. The summed E-state index contributed by atoms with van der Waals surface area (Å²) in [7, 11) is 3.14. The van der Waals surface area contributed by atoms with Crippen molar-refractivity contribution in [3.8, 4) is 28.8 Å². The Morgan fingerprint density at radius 1 is 1.12 bits per heavy atom. The summed E-state index contributed by atoms with van der Waals surface area (Å²) in [4.78, 5) is 15.9. The van der Waals surface area contributed by atoms with Crippen LogP contribution in [0.4, 0.5) is 5.69 Å². The Morgan fingerprint density at radius 3 is 2.54 bits per heavy atom. The maximum atomic E-state index is 11.5. The number of carbonyl (C=O) groups excluding carboxylic acids is 1. The minimum absolute atomic E-state index is 0.0303. The molecule has 7 heteroatoms. The van der Waals surface area contributed by atoms with Crippen LogP contribution in [-0.2, 0) is 4.79 Å². The second kappa shape index (κ2) is 7.69. The number of benzene rings is 2. The first-order valence-corrected chi connectivity index (χ1v) is 8.20. The molecule has 0 unspecified atom stereocenters. The number of nitrogens with one attached hydrogen (secondary N) is 1. The quantitative estimate of drug-likeness (QED) is 0.736. The topological polar surface area (TPSA) is 78.3 Å². The van der Waals surface area contributed by atoms with E-state index >= 15 is 0 Å². The van der Waals surface area contributed by atoms with E-state index in [1.807, 2.05) is 55.5 Å². The summed E-state index contributed by atoms with van der Waals surface area (Å²) in [6.45, 7) is 1.81. The molecule has 0 atom stereocenters. The minimum Gasteiger partial charge on any atom is -0.497 e. The summed E-state index contributed by atoms with van der Waals surface area (Å²) >= 11 is 0. The molecule has 0 spiro atoms. The van der Waals surface area contributed by atoms with Crippen LogP contribution < -0.4 is 14.8 Å². The molecule has 0 saturated heterocycles. The fourth-order valence-corrected chi connectivity index (χ4v) is 2.44. The molecule has 1 aromatic heterocycles. The van der Waals surface area contributed by atoms with Crippen molar-refractivity contribution in [1.82, 2.24) is 14.8 Å². The van der Waals surface area contributed by atoms with Crippen LogP contribution in [0.15, 0.2) is 48.5 Å². The molecular weight excluding hydrogens is 332 g/mol. The molecule has 0 saturated carbocycles. The first-order chi connectivity index (χ1) is 12.6. The van der Waals surface area contributed by atoms with E-state index in [4.69, 9.17) is 9.47 Å². The molecule has 1 amide bonds. The molecule has 0 radical (unpaired) electrons. The highest BCUT2D eigenvalue weighted by atomic mass is 16.5. The largest absolute Gasteiger partial charge is 0.497 e. The van der Waals surface area contributed by atoms with E-state index in [1.165, 1.54) is 7.11 Å². The predicted molar refractivity (Wildman–Crippen MR) is 98.8 cm³/mol. The van der Waals surface area contributed by atoms with Crippen molar-refractivity contribution in [2.75, 3.05) is 19.5 Å². The summed E-state index contributed by atoms with van der Waals surface area (Å²) in [5.41, 5.74) is 2.38. The Bertz CT molecular complexity index is 903. The number of rotatable bonds is 6. The van der Waals surface area contributed by atoms with Crippen LogP contribution in [0, 0.1) is 0 Å². The molecule has 1 N–H and O–H groups in total. The van der Waals surface area contributed by atoms with Gasteiger partial charge in [0.25, 0.3) is 0 Å². The van der Waals surface area contributed by atoms with Gasteiger partial charge in [0.2, 0.25) is 5.91 Å². The minimum atomic E-state index is -0.0303. The number of hydrogen-bond acceptors (Lipinski definition) is 5. The Hall–Kier alpha value is -3.35. The van der Waals surface area contributed by atoms with Gasteiger partial charge in [0.1, 0.15) is 5.75 Å². The van der Waals surface area contributed by atoms with E-state index in [1.54, 1.807) is 11.8 Å². The smallest absolute Gasteiger partial charge is 0.336 e. The third kappa shape index (κ3) is 3.66. The van der Waals surface area contributed by atoms with Crippen LogP contribution in [0.2, 0.25) is 0 Å². The van der Waals surface area contributed by atoms with Gasteiger partial charge in [0, 0.05) is 17.7 Å². The zero-order valence-corrected chi connectivity index (χ0v) is 14.9. The molecule has 0 aliphatic carbocycles. The summed E-state index contributed by atoms with van der Waals surface area (Å²) in [5.74, 6) is 1.33. The predicted octanol–water partition coefficient (Wildman–Crippen LogP) is 3.30. The molecule has 7 nitrogen and oxygen atoms in total. The monoisotopic (exact) mass is 352 g/mol. The lowest BCUT2D eigenvalue weighted by Gasteiger charge is -2.08. The Morgan fingerprint density at radius 2 is 1.88 bits per heavy atom. The molecule has 3 aromatic rings. The first-order valence-electron chi connectivity index (χ1n) is 8.20. The van der Waals surface area contributed by atoms with Gasteiger partial charge in [-0.15, -0.1) is 5.10 Å². The highest BCUT2D eigenvalue weighted by Crippen LogP contribution is 2.27. The van der Waals surface area contributed by atoms with Crippen LogP contribution in [0.5, 0.6) is 11.8 Å². The number of carbonyl (C=O) groups is 1. The van der Waals surface area contributed by atoms with Crippen LogP contribution in [0.25, 0.3) is 17.1 Å². The van der Waals surface area contributed by atoms with Crippen LogP contribution in [0.3, 0.4) is 0 Å². The van der Waals surface area contributed by atoms with Crippen LogP contribution in [-0.4, -0.2) is 34.9 Å². The number of hydrogen-bond donors (Lipinski definition) is 1. The summed E-state index contributed by atoms with van der Waals surface area (Å²) in [6.07, 6.45) is 0.433. The Kier molecular flexibility index (Phi) is 5.17. The maximum absolute atomic E-state index is 11.5. The lowest BCUT2D eigenvalue weighted by Crippen LogP contribution is -2.09. The number of methoxy groups -OCH3 is 2. The molecule has 26 heavy (non-hydrogen) atoms. The number of aromatic nitrogens is 3. The van der Waals surface area contributed by atoms with Crippen molar-refractivity contribution in [3.63, 3.8) is 0 Å². The zero-order chi connectivity index (χ0) is 18.5. The van der Waals surface area contributed by atoms with E-state index in [9.17, 15) is 4.79 Å². The van der Waals surface area contributed by atoms with Crippen molar-refractivity contribution in [2.45, 2.75) is 13.3 Å². The number of anilines is 1. The van der Waals surface area contributed by atoms with Gasteiger partial charge < -0.3 is 14.8 Å². The average molecular weight is 352 g/mol. The molecule has 0 aliphatic heterocycles. The van der Waals surface area contributed by atoms with Gasteiger partial charge in [-0.25, -0.2) is 4.68 Å². The van der Waals surface area contributed by atoms with Gasteiger partial charge in [0.15, 0.2) is 5.82 Å². The van der Waals surface area contributed by atoms with Gasteiger partial charge in [-0.2, -0.15) is 4.98 Å². The second-order valence-corrected chi connectivity index (χ2v) is 5.51. The van der Waals surface area contributed by atoms with E-state index in [0.717, 1.165) is 22.7 Å². The highest BCUT2D eigenvalue weighted by molar-refractivity contribution is 5.90. The van der Waals surface area contributed by atoms with Gasteiger partial charge in [-0.05, 0) is 36.4 Å². The molecular formula is C19H20N4O3. The Labute approximate surface area is 151 Å². The van der Waals surface area contributed by atoms with Crippen LogP contribution in [0.1, 0.15) is 13.3 Å². The molecule has 1 heterocycles. The third-order valence-electron chi connectivity index (χ3n) is 3.81. The number of nitrogens with zero attached hydrogens (tertiary/aromatic N) is 3. The van der Waals surface area contributed by atoms with E-state index in [2.05, 4.69) is 15.4 Å². The molecule has 2 aromatic carbocycles. The van der Waals surface area contributed by atoms with E-state index < -0.39 is 0 Å². The molecule has 0 fully saturated rings. The highest BCUT2D eigenvalue weighted by Gasteiger charge is 2.15. The molecule has 0 aliphatic rings. The Balaban J connectivity index is 1.99. The van der Waals surface area contributed by atoms with Crippen molar-refractivity contribution in [3.05, 3.63) is 48.5 Å². The molecule has 134 valence electrons. The summed E-state index contributed by atoms with van der Waals surface area (Å²) < 4.78 is 12.2. The van der Waals surface area contributed by atoms with Gasteiger partial charge in [0.05, 0.1) is 19.9 Å². The third-order valence-corrected chi connectivity index (χ3v) is 3.81. The van der Waals surface area contributed by atoms with Gasteiger partial charge in [-0.1, -0.05) is 19.1 Å². The lowest BCUT2D eigenvalue weighted by atomic mass is 10.2. The zero-order valence-electron chi connectivity index (χ0n) is 14.9. The van der Waals surface area contributed by atoms with Crippen LogP contribution >= 0.6 is 0 Å². The lowest BCUT2D eigenvalue weighted by molar-refractivity contribution is -0.115. The standard InChI is InChI=1S/C19H20N4O3/c1-4-17(24)20-14-8-10-15(11-9-14)23-18(21-19(22-23)26-3)13-6-5-7-16(12-13)25-2/h5-12H,4H2,1-3H3,(H,20,24). The SMILES string of the molecule is CCC(=O)Nc1ccc(-n2nc(OC)nc2-c2cccc(OC)c2)cc1. The van der Waals surface area contributed by atoms with Gasteiger partial charge >= 0.3 is 6.01 Å². The number of ether oxygens (including phenoxy) is 2. The van der Waals surface area contributed by atoms with E-state index in [-0.39, 0.29) is 11.9 Å². The summed E-state index contributed by atoms with van der Waals surface area (Å²) in [5, 5.41) is 7.22. The molecule has 3 rings (SSSR count). The number of amides is 1. The van der Waals surface area contributed by atoms with Crippen molar-refractivity contribution in [1.29, 1.82) is 0 Å². The average Bonchev–Trinajstić information content (AvgIpc) is 3.13. The fourth-order valence-electron chi connectivity index (χ4n) is 2.44. The van der Waals surface area contributed by atoms with E-state index in [0.29, 0.717) is 12.2 Å². The normalized spacial score (nSPS) is 10.4. The van der Waals surface area contributed by atoms with Crippen molar-refractivity contribution < 1.29 is 14.3 Å².